The first-order valence-corrected chi connectivity index (χ1v) is 11.5. The number of ketones is 2. The van der Waals surface area contributed by atoms with Crippen molar-refractivity contribution in [1.82, 2.24) is 9.78 Å². The molecule has 0 unspecified atom stereocenters. The van der Waals surface area contributed by atoms with E-state index in [0.717, 1.165) is 23.5 Å². The average Bonchev–Trinajstić information content (AvgIpc) is 3.08. The summed E-state index contributed by atoms with van der Waals surface area (Å²) in [6.07, 6.45) is 0.0257. The highest BCUT2D eigenvalue weighted by atomic mass is 16.5. The number of nitrogens with zero attached hydrogens (tertiary/aromatic N) is 2. The van der Waals surface area contributed by atoms with Crippen LogP contribution < -0.4 is 5.32 Å². The van der Waals surface area contributed by atoms with Gasteiger partial charge in [0.25, 0.3) is 5.91 Å². The molecule has 0 aliphatic heterocycles. The molecule has 0 saturated heterocycles. The maximum atomic E-state index is 12.9. The van der Waals surface area contributed by atoms with Crippen molar-refractivity contribution in [3.63, 3.8) is 0 Å². The minimum absolute atomic E-state index is 0.0257. The lowest BCUT2D eigenvalue weighted by Gasteiger charge is -2.18. The Labute approximate surface area is 203 Å². The molecule has 1 aliphatic rings. The van der Waals surface area contributed by atoms with Gasteiger partial charge in [0.1, 0.15) is 0 Å². The summed E-state index contributed by atoms with van der Waals surface area (Å²) >= 11 is 0. The highest BCUT2D eigenvalue weighted by Gasteiger charge is 2.29. The molecule has 0 saturated carbocycles. The lowest BCUT2D eigenvalue weighted by atomic mass is 9.84. The molecule has 1 heterocycles. The third-order valence-electron chi connectivity index (χ3n) is 5.96. The largest absolute Gasteiger partial charge is 0.455 e. The lowest BCUT2D eigenvalue weighted by Crippen LogP contribution is -2.23. The van der Waals surface area contributed by atoms with E-state index in [4.69, 9.17) is 4.74 Å². The van der Waals surface area contributed by atoms with E-state index >= 15 is 0 Å². The van der Waals surface area contributed by atoms with Gasteiger partial charge in [-0.05, 0) is 38.0 Å². The summed E-state index contributed by atoms with van der Waals surface area (Å²) < 4.78 is 7.05. The molecule has 0 bridgehead atoms. The van der Waals surface area contributed by atoms with Crippen molar-refractivity contribution in [3.05, 3.63) is 81.7 Å². The molecule has 8 nitrogen and oxygen atoms in total. The van der Waals surface area contributed by atoms with Gasteiger partial charge in [-0.25, -0.2) is 0 Å². The molecule has 3 aromatic rings. The highest BCUT2D eigenvalue weighted by Crippen LogP contribution is 2.29. The van der Waals surface area contributed by atoms with Crippen LogP contribution in [0.3, 0.4) is 0 Å². The summed E-state index contributed by atoms with van der Waals surface area (Å²) in [6, 6.07) is 11.2. The van der Waals surface area contributed by atoms with Crippen LogP contribution >= 0.6 is 0 Å². The Kier molecular flexibility index (Phi) is 6.64. The summed E-state index contributed by atoms with van der Waals surface area (Å²) in [7, 11) is 0. The summed E-state index contributed by atoms with van der Waals surface area (Å²) in [5.41, 5.74) is 4.04. The normalized spacial score (nSPS) is 12.4. The summed E-state index contributed by atoms with van der Waals surface area (Å²) in [6.45, 7) is 8.24. The van der Waals surface area contributed by atoms with Crippen molar-refractivity contribution in [2.24, 2.45) is 5.92 Å². The van der Waals surface area contributed by atoms with Gasteiger partial charge in [-0.2, -0.15) is 5.10 Å². The zero-order chi connectivity index (χ0) is 25.3. The number of benzene rings is 2. The predicted octanol–water partition coefficient (Wildman–Crippen LogP) is 3.66. The van der Waals surface area contributed by atoms with Crippen LogP contribution in [0, 0.1) is 19.8 Å². The fourth-order valence-corrected chi connectivity index (χ4v) is 4.23. The average molecular weight is 474 g/mol. The number of ether oxygens (including phenoxy) is 1. The van der Waals surface area contributed by atoms with Gasteiger partial charge in [-0.15, -0.1) is 0 Å². The first-order valence-electron chi connectivity index (χ1n) is 11.5. The van der Waals surface area contributed by atoms with Gasteiger partial charge in [0.15, 0.2) is 18.2 Å². The molecule has 2 aromatic carbocycles. The number of aryl methyl sites for hydroxylation is 1. The number of hydrogen-bond donors (Lipinski definition) is 1. The Hall–Kier alpha value is -4.07. The molecular formula is C27H27N3O5. The van der Waals surface area contributed by atoms with Crippen LogP contribution in [0.5, 0.6) is 0 Å². The van der Waals surface area contributed by atoms with Gasteiger partial charge in [-0.1, -0.05) is 38.1 Å². The van der Waals surface area contributed by atoms with Crippen LogP contribution in [-0.4, -0.2) is 39.8 Å². The number of fused-ring (bicyclic) bond motifs is 2. The maximum Gasteiger partial charge on any atom is 0.310 e. The SMILES string of the molecule is Cc1nn(CC(C)C)c(C)c1CC(=O)OCC(=O)Nc1ccc2c(c1)C(=O)c1ccccc1C2=O. The number of esters is 1. The molecule has 35 heavy (non-hydrogen) atoms. The molecule has 1 N–H and O–H groups in total. The van der Waals surface area contributed by atoms with Crippen LogP contribution in [0.4, 0.5) is 5.69 Å². The first-order chi connectivity index (χ1) is 16.7. The topological polar surface area (TPSA) is 107 Å². The number of amides is 1. The Morgan fingerprint density at radius 3 is 2.26 bits per heavy atom. The number of carbonyl (C=O) groups excluding carboxylic acids is 4. The molecule has 0 atom stereocenters. The molecule has 8 heteroatoms. The van der Waals surface area contributed by atoms with Crippen LogP contribution in [0.15, 0.2) is 42.5 Å². The third-order valence-corrected chi connectivity index (χ3v) is 5.96. The summed E-state index contributed by atoms with van der Waals surface area (Å²) in [4.78, 5) is 50.3. The Morgan fingerprint density at radius 1 is 0.971 bits per heavy atom. The maximum absolute atomic E-state index is 12.9. The van der Waals surface area contributed by atoms with Crippen molar-refractivity contribution in [1.29, 1.82) is 0 Å². The third kappa shape index (κ3) is 4.91. The number of hydrogen-bond acceptors (Lipinski definition) is 6. The smallest absolute Gasteiger partial charge is 0.310 e. The van der Waals surface area contributed by atoms with E-state index in [2.05, 4.69) is 24.3 Å². The molecule has 180 valence electrons. The summed E-state index contributed by atoms with van der Waals surface area (Å²) in [5, 5.41) is 7.12. The number of carbonyl (C=O) groups is 4. The molecule has 1 aliphatic carbocycles. The van der Waals surface area contributed by atoms with Gasteiger partial charge in [-0.3, -0.25) is 23.9 Å². The van der Waals surface area contributed by atoms with E-state index in [9.17, 15) is 19.2 Å². The molecule has 0 spiro atoms. The van der Waals surface area contributed by atoms with E-state index in [1.54, 1.807) is 30.3 Å². The zero-order valence-corrected chi connectivity index (χ0v) is 20.2. The van der Waals surface area contributed by atoms with E-state index in [0.29, 0.717) is 28.3 Å². The fourth-order valence-electron chi connectivity index (χ4n) is 4.23. The van der Waals surface area contributed by atoms with Gasteiger partial charge in [0, 0.05) is 45.7 Å². The van der Waals surface area contributed by atoms with Crippen molar-refractivity contribution < 1.29 is 23.9 Å². The van der Waals surface area contributed by atoms with Crippen LogP contribution in [0.2, 0.25) is 0 Å². The van der Waals surface area contributed by atoms with Crippen LogP contribution in [-0.2, 0) is 27.3 Å². The monoisotopic (exact) mass is 473 g/mol. The fraction of sp³-hybridized carbons (Fsp3) is 0.296. The Bertz CT molecular complexity index is 1350. The van der Waals surface area contributed by atoms with Crippen molar-refractivity contribution in [3.8, 4) is 0 Å². The number of rotatable bonds is 7. The van der Waals surface area contributed by atoms with Crippen molar-refractivity contribution in [2.75, 3.05) is 11.9 Å². The van der Waals surface area contributed by atoms with E-state index in [1.807, 2.05) is 18.5 Å². The van der Waals surface area contributed by atoms with Crippen LogP contribution in [0.1, 0.15) is 62.6 Å². The Balaban J connectivity index is 1.38. The van der Waals surface area contributed by atoms with E-state index in [1.165, 1.54) is 12.1 Å². The predicted molar refractivity (Wildman–Crippen MR) is 130 cm³/mol. The number of anilines is 1. The van der Waals surface area contributed by atoms with E-state index in [-0.39, 0.29) is 23.6 Å². The molecular weight excluding hydrogens is 446 g/mol. The first kappa shape index (κ1) is 24.1. The molecule has 1 amide bonds. The van der Waals surface area contributed by atoms with Gasteiger partial charge < -0.3 is 10.1 Å². The molecule has 4 rings (SSSR count). The number of nitrogens with one attached hydrogen (secondary N) is 1. The van der Waals surface area contributed by atoms with Crippen molar-refractivity contribution >= 4 is 29.1 Å². The zero-order valence-electron chi connectivity index (χ0n) is 20.2. The lowest BCUT2D eigenvalue weighted by molar-refractivity contribution is -0.146. The van der Waals surface area contributed by atoms with Gasteiger partial charge in [0.05, 0.1) is 12.1 Å². The summed E-state index contributed by atoms with van der Waals surface area (Å²) in [5.74, 6) is -1.16. The van der Waals surface area contributed by atoms with Gasteiger partial charge in [0.2, 0.25) is 0 Å². The minimum atomic E-state index is -0.544. The second kappa shape index (κ2) is 9.66. The Morgan fingerprint density at radius 2 is 1.60 bits per heavy atom. The van der Waals surface area contributed by atoms with Gasteiger partial charge >= 0.3 is 5.97 Å². The second-order valence-electron chi connectivity index (χ2n) is 9.08. The molecule has 0 fully saturated rings. The van der Waals surface area contributed by atoms with E-state index < -0.39 is 18.5 Å². The molecule has 0 radical (unpaired) electrons. The minimum Gasteiger partial charge on any atom is -0.455 e. The second-order valence-corrected chi connectivity index (χ2v) is 9.08. The standard InChI is InChI=1S/C27H27N3O5/c1-15(2)13-30-17(4)22(16(3)29-30)12-25(32)35-14-24(31)28-18-9-10-21-23(11-18)27(34)20-8-6-5-7-19(20)26(21)33/h5-11,15H,12-14H2,1-4H3,(H,28,31). The quantitative estimate of drug-likeness (QED) is 0.411. The van der Waals surface area contributed by atoms with Crippen LogP contribution in [0.25, 0.3) is 0 Å². The molecule has 1 aromatic heterocycles. The number of aromatic nitrogens is 2. The van der Waals surface area contributed by atoms with Crippen molar-refractivity contribution in [2.45, 2.75) is 40.7 Å². The highest BCUT2D eigenvalue weighted by molar-refractivity contribution is 6.28.